The Labute approximate surface area is 95.6 Å². The quantitative estimate of drug-likeness (QED) is 0.844. The van der Waals surface area contributed by atoms with Gasteiger partial charge in [-0.1, -0.05) is 25.9 Å². The van der Waals surface area contributed by atoms with Crippen LogP contribution in [0.2, 0.25) is 0 Å². The summed E-state index contributed by atoms with van der Waals surface area (Å²) in [6, 6.07) is 0. The zero-order valence-corrected chi connectivity index (χ0v) is 10.1. The van der Waals surface area contributed by atoms with Crippen molar-refractivity contribution in [2.45, 2.75) is 32.8 Å². The highest BCUT2D eigenvalue weighted by Gasteiger charge is 2.24. The van der Waals surface area contributed by atoms with E-state index in [1.165, 1.54) is 0 Å². The molecule has 16 heavy (non-hydrogen) atoms. The predicted molar refractivity (Wildman–Crippen MR) is 59.1 cm³/mol. The SMILES string of the molecule is CC(C)C(C)c1nc(C2CNCCO2)no1. The molecular formula is C11H19N3O2. The van der Waals surface area contributed by atoms with E-state index in [0.717, 1.165) is 13.1 Å². The van der Waals surface area contributed by atoms with Gasteiger partial charge >= 0.3 is 0 Å². The first kappa shape index (κ1) is 11.5. The molecule has 0 aliphatic carbocycles. The fraction of sp³-hybridized carbons (Fsp3) is 0.818. The molecule has 0 aromatic carbocycles. The zero-order valence-electron chi connectivity index (χ0n) is 10.1. The van der Waals surface area contributed by atoms with Crippen LogP contribution < -0.4 is 5.32 Å². The third-order valence-electron chi connectivity index (χ3n) is 3.06. The van der Waals surface area contributed by atoms with Gasteiger partial charge in [0.1, 0.15) is 6.10 Å². The number of rotatable bonds is 3. The highest BCUT2D eigenvalue weighted by molar-refractivity contribution is 4.97. The van der Waals surface area contributed by atoms with E-state index in [-0.39, 0.29) is 12.0 Å². The molecule has 2 unspecified atom stereocenters. The van der Waals surface area contributed by atoms with Gasteiger partial charge in [-0.25, -0.2) is 0 Å². The van der Waals surface area contributed by atoms with Gasteiger partial charge in [0.05, 0.1) is 6.61 Å². The summed E-state index contributed by atoms with van der Waals surface area (Å²) in [7, 11) is 0. The smallest absolute Gasteiger partial charge is 0.229 e. The summed E-state index contributed by atoms with van der Waals surface area (Å²) in [6.45, 7) is 8.75. The first-order valence-electron chi connectivity index (χ1n) is 5.84. The van der Waals surface area contributed by atoms with E-state index < -0.39 is 0 Å². The fourth-order valence-electron chi connectivity index (χ4n) is 1.58. The minimum Gasteiger partial charge on any atom is -0.367 e. The zero-order chi connectivity index (χ0) is 11.5. The molecule has 0 bridgehead atoms. The Bertz CT molecular complexity index is 332. The average Bonchev–Trinajstić information content (AvgIpc) is 2.78. The maximum atomic E-state index is 5.57. The summed E-state index contributed by atoms with van der Waals surface area (Å²) < 4.78 is 10.8. The van der Waals surface area contributed by atoms with Crippen LogP contribution in [0.1, 0.15) is 44.5 Å². The highest BCUT2D eigenvalue weighted by Crippen LogP contribution is 2.24. The Hall–Kier alpha value is -0.940. The summed E-state index contributed by atoms with van der Waals surface area (Å²) in [4.78, 5) is 4.41. The first-order valence-corrected chi connectivity index (χ1v) is 5.84. The van der Waals surface area contributed by atoms with E-state index in [0.29, 0.717) is 24.2 Å². The molecule has 1 aromatic rings. The van der Waals surface area contributed by atoms with Crippen molar-refractivity contribution >= 4 is 0 Å². The number of nitrogens with zero attached hydrogens (tertiary/aromatic N) is 2. The molecule has 0 spiro atoms. The van der Waals surface area contributed by atoms with Crippen molar-refractivity contribution in [3.8, 4) is 0 Å². The third kappa shape index (κ3) is 2.41. The van der Waals surface area contributed by atoms with E-state index in [9.17, 15) is 0 Å². The molecule has 1 aliphatic heterocycles. The lowest BCUT2D eigenvalue weighted by Gasteiger charge is -2.20. The number of nitrogens with one attached hydrogen (secondary N) is 1. The van der Waals surface area contributed by atoms with Crippen LogP contribution in [0, 0.1) is 5.92 Å². The fourth-order valence-corrected chi connectivity index (χ4v) is 1.58. The molecule has 1 aliphatic rings. The Balaban J connectivity index is 2.06. The lowest BCUT2D eigenvalue weighted by molar-refractivity contribution is 0.0208. The van der Waals surface area contributed by atoms with Crippen molar-refractivity contribution in [3.63, 3.8) is 0 Å². The number of morpholine rings is 1. The topological polar surface area (TPSA) is 60.2 Å². The molecule has 2 atom stereocenters. The van der Waals surface area contributed by atoms with E-state index >= 15 is 0 Å². The molecule has 2 rings (SSSR count). The molecule has 5 heteroatoms. The molecule has 0 saturated carbocycles. The van der Waals surface area contributed by atoms with Gasteiger partial charge in [-0.2, -0.15) is 4.98 Å². The second kappa shape index (κ2) is 4.93. The minimum absolute atomic E-state index is 0.0642. The summed E-state index contributed by atoms with van der Waals surface area (Å²) in [6.07, 6.45) is -0.0642. The summed E-state index contributed by atoms with van der Waals surface area (Å²) in [5.74, 6) is 2.16. The Morgan fingerprint density at radius 3 is 2.81 bits per heavy atom. The van der Waals surface area contributed by atoms with Gasteiger partial charge < -0.3 is 14.6 Å². The Morgan fingerprint density at radius 2 is 2.19 bits per heavy atom. The van der Waals surface area contributed by atoms with Crippen LogP contribution >= 0.6 is 0 Å². The molecule has 1 saturated heterocycles. The van der Waals surface area contributed by atoms with Crippen molar-refractivity contribution in [1.29, 1.82) is 0 Å². The standard InChI is InChI=1S/C11H19N3O2/c1-7(2)8(3)11-13-10(14-16-11)9-6-12-4-5-15-9/h7-9,12H,4-6H2,1-3H3. The van der Waals surface area contributed by atoms with Crippen LogP contribution in [0.5, 0.6) is 0 Å². The summed E-state index contributed by atoms with van der Waals surface area (Å²) in [5, 5.41) is 7.24. The van der Waals surface area contributed by atoms with Crippen LogP contribution in [0.4, 0.5) is 0 Å². The lowest BCUT2D eigenvalue weighted by atomic mass is 9.98. The van der Waals surface area contributed by atoms with E-state index in [1.807, 2.05) is 0 Å². The Morgan fingerprint density at radius 1 is 1.38 bits per heavy atom. The molecule has 0 amide bonds. The van der Waals surface area contributed by atoms with Gasteiger partial charge in [0.15, 0.2) is 0 Å². The second-order valence-electron chi connectivity index (χ2n) is 4.59. The lowest BCUT2D eigenvalue weighted by Crippen LogP contribution is -2.33. The second-order valence-corrected chi connectivity index (χ2v) is 4.59. The van der Waals surface area contributed by atoms with E-state index in [1.54, 1.807) is 0 Å². The van der Waals surface area contributed by atoms with E-state index in [4.69, 9.17) is 9.26 Å². The number of aromatic nitrogens is 2. The average molecular weight is 225 g/mol. The van der Waals surface area contributed by atoms with Gasteiger partial charge in [-0.15, -0.1) is 0 Å². The third-order valence-corrected chi connectivity index (χ3v) is 3.06. The normalized spacial score (nSPS) is 23.6. The van der Waals surface area contributed by atoms with Crippen molar-refractivity contribution in [1.82, 2.24) is 15.5 Å². The Kier molecular flexibility index (Phi) is 3.56. The summed E-state index contributed by atoms with van der Waals surface area (Å²) in [5.41, 5.74) is 0. The monoisotopic (exact) mass is 225 g/mol. The van der Waals surface area contributed by atoms with Crippen LogP contribution in [-0.2, 0) is 4.74 Å². The molecule has 1 N–H and O–H groups in total. The van der Waals surface area contributed by atoms with Gasteiger partial charge in [0.2, 0.25) is 11.7 Å². The molecule has 2 heterocycles. The highest BCUT2D eigenvalue weighted by atomic mass is 16.5. The van der Waals surface area contributed by atoms with Gasteiger partial charge in [0.25, 0.3) is 0 Å². The van der Waals surface area contributed by atoms with Crippen LogP contribution in [0.3, 0.4) is 0 Å². The molecule has 5 nitrogen and oxygen atoms in total. The largest absolute Gasteiger partial charge is 0.367 e. The predicted octanol–water partition coefficient (Wildman–Crippen LogP) is 1.49. The van der Waals surface area contributed by atoms with E-state index in [2.05, 4.69) is 36.2 Å². The van der Waals surface area contributed by atoms with Crippen molar-refractivity contribution < 1.29 is 9.26 Å². The number of hydrogen-bond donors (Lipinski definition) is 1. The van der Waals surface area contributed by atoms with Gasteiger partial charge in [-0.3, -0.25) is 0 Å². The maximum Gasteiger partial charge on any atom is 0.229 e. The molecule has 90 valence electrons. The summed E-state index contributed by atoms with van der Waals surface area (Å²) >= 11 is 0. The maximum absolute atomic E-state index is 5.57. The van der Waals surface area contributed by atoms with Gasteiger partial charge in [0, 0.05) is 19.0 Å². The first-order chi connectivity index (χ1) is 7.68. The van der Waals surface area contributed by atoms with Gasteiger partial charge in [-0.05, 0) is 5.92 Å². The number of hydrogen-bond acceptors (Lipinski definition) is 5. The molecule has 1 fully saturated rings. The van der Waals surface area contributed by atoms with Crippen molar-refractivity contribution in [2.24, 2.45) is 5.92 Å². The van der Waals surface area contributed by atoms with Crippen molar-refractivity contribution in [3.05, 3.63) is 11.7 Å². The van der Waals surface area contributed by atoms with Crippen LogP contribution in [0.25, 0.3) is 0 Å². The molecular weight excluding hydrogens is 206 g/mol. The van der Waals surface area contributed by atoms with Crippen LogP contribution in [-0.4, -0.2) is 29.8 Å². The van der Waals surface area contributed by atoms with Crippen molar-refractivity contribution in [2.75, 3.05) is 19.7 Å². The minimum atomic E-state index is -0.0642. The number of ether oxygens (including phenoxy) is 1. The van der Waals surface area contributed by atoms with Crippen LogP contribution in [0.15, 0.2) is 4.52 Å². The molecule has 1 aromatic heterocycles. The molecule has 0 radical (unpaired) electrons.